The van der Waals surface area contributed by atoms with Crippen LogP contribution >= 0.6 is 0 Å². The maximum absolute atomic E-state index is 5.24. The van der Waals surface area contributed by atoms with Crippen LogP contribution in [0.25, 0.3) is 16.6 Å². The van der Waals surface area contributed by atoms with E-state index in [-0.39, 0.29) is 6.04 Å². The molecule has 0 radical (unpaired) electrons. The van der Waals surface area contributed by atoms with Gasteiger partial charge in [-0.1, -0.05) is 12.1 Å². The van der Waals surface area contributed by atoms with Crippen molar-refractivity contribution in [3.63, 3.8) is 0 Å². The van der Waals surface area contributed by atoms with Gasteiger partial charge in [0.2, 0.25) is 0 Å². The van der Waals surface area contributed by atoms with Crippen LogP contribution in [0.3, 0.4) is 0 Å². The summed E-state index contributed by atoms with van der Waals surface area (Å²) in [5.41, 5.74) is 4.29. The topological polar surface area (TPSA) is 65.7 Å². The van der Waals surface area contributed by atoms with E-state index < -0.39 is 0 Å². The lowest BCUT2D eigenvalue weighted by Crippen LogP contribution is -2.38. The second kappa shape index (κ2) is 8.91. The molecule has 3 aromatic heterocycles. The van der Waals surface area contributed by atoms with Gasteiger partial charge in [-0.3, -0.25) is 0 Å². The molecule has 3 aliphatic heterocycles. The van der Waals surface area contributed by atoms with Crippen molar-refractivity contribution in [1.29, 1.82) is 0 Å². The minimum Gasteiger partial charge on any atom is -0.356 e. The summed E-state index contributed by atoms with van der Waals surface area (Å²) in [7, 11) is 0. The zero-order valence-electron chi connectivity index (χ0n) is 21.1. The largest absolute Gasteiger partial charge is 0.356 e. The van der Waals surface area contributed by atoms with E-state index in [1.807, 2.05) is 0 Å². The van der Waals surface area contributed by atoms with Crippen molar-refractivity contribution in [3.05, 3.63) is 47.9 Å². The van der Waals surface area contributed by atoms with Gasteiger partial charge >= 0.3 is 0 Å². The van der Waals surface area contributed by atoms with Gasteiger partial charge in [-0.2, -0.15) is 9.61 Å². The van der Waals surface area contributed by atoms with E-state index in [0.717, 1.165) is 79.4 Å². The van der Waals surface area contributed by atoms with Crippen molar-refractivity contribution in [2.24, 2.45) is 0 Å². The minimum atomic E-state index is 0.180. The number of hydrogen-bond acceptors (Lipinski definition) is 7. The summed E-state index contributed by atoms with van der Waals surface area (Å²) in [5, 5.41) is 6.40. The Morgan fingerprint density at radius 3 is 2.50 bits per heavy atom. The number of aryl methyl sites for hydroxylation is 1. The van der Waals surface area contributed by atoms with Gasteiger partial charge in [-0.15, -0.1) is 0 Å². The lowest BCUT2D eigenvalue weighted by Gasteiger charge is -2.36. The van der Waals surface area contributed by atoms with Crippen molar-refractivity contribution in [2.45, 2.75) is 57.9 Å². The molecular weight excluding hydrogens is 448 g/mol. The normalized spacial score (nSPS) is 20.8. The molecule has 0 saturated carbocycles. The zero-order valence-corrected chi connectivity index (χ0v) is 21.1. The first-order chi connectivity index (χ1) is 17.8. The standard InChI is InChI=1S/C28H34N8/c1-20-9-7-10-21-27(20)28(30-19-29-21)35-16-6-3-11-23(35)22-17-25-31-24(33-14-8-15-33)18-26(36(25)32-22)34-12-4-2-5-13-34/h7,9-10,17-19,23H,2-6,8,11-16H2,1H3. The van der Waals surface area contributed by atoms with Crippen LogP contribution in [0.15, 0.2) is 36.7 Å². The summed E-state index contributed by atoms with van der Waals surface area (Å²) >= 11 is 0. The molecule has 0 amide bonds. The van der Waals surface area contributed by atoms with Gasteiger partial charge < -0.3 is 14.7 Å². The number of nitrogens with zero attached hydrogens (tertiary/aromatic N) is 8. The number of rotatable bonds is 4. The van der Waals surface area contributed by atoms with Crippen LogP contribution in [0.5, 0.6) is 0 Å². The molecule has 3 fully saturated rings. The quantitative estimate of drug-likeness (QED) is 0.409. The fourth-order valence-corrected chi connectivity index (χ4v) is 6.15. The first-order valence-electron chi connectivity index (χ1n) is 13.6. The van der Waals surface area contributed by atoms with Gasteiger partial charge in [0.15, 0.2) is 5.65 Å². The summed E-state index contributed by atoms with van der Waals surface area (Å²) < 4.78 is 2.11. The van der Waals surface area contributed by atoms with Crippen LogP contribution in [-0.2, 0) is 0 Å². The first kappa shape index (κ1) is 21.8. The number of anilines is 3. The van der Waals surface area contributed by atoms with Crippen molar-refractivity contribution < 1.29 is 0 Å². The second-order valence-electron chi connectivity index (χ2n) is 10.6. The third-order valence-electron chi connectivity index (χ3n) is 8.24. The average molecular weight is 483 g/mol. The van der Waals surface area contributed by atoms with E-state index in [9.17, 15) is 0 Å². The van der Waals surface area contributed by atoms with Crippen LogP contribution in [0.4, 0.5) is 17.5 Å². The molecule has 6 heterocycles. The van der Waals surface area contributed by atoms with E-state index in [4.69, 9.17) is 15.1 Å². The molecule has 1 unspecified atom stereocenters. The molecule has 186 valence electrons. The summed E-state index contributed by atoms with van der Waals surface area (Å²) in [6, 6.07) is 11.0. The maximum Gasteiger partial charge on any atom is 0.160 e. The van der Waals surface area contributed by atoms with Gasteiger partial charge in [-0.25, -0.2) is 15.0 Å². The van der Waals surface area contributed by atoms with Gasteiger partial charge in [0, 0.05) is 50.2 Å². The monoisotopic (exact) mass is 482 g/mol. The summed E-state index contributed by atoms with van der Waals surface area (Å²) in [6.07, 6.45) is 10.2. The number of fused-ring (bicyclic) bond motifs is 2. The molecular formula is C28H34N8. The molecule has 0 aliphatic carbocycles. The molecule has 4 aromatic rings. The Kier molecular flexibility index (Phi) is 5.40. The first-order valence-corrected chi connectivity index (χ1v) is 13.6. The fraction of sp³-hybridized carbons (Fsp3) is 0.500. The number of hydrogen-bond donors (Lipinski definition) is 0. The minimum absolute atomic E-state index is 0.180. The highest BCUT2D eigenvalue weighted by Gasteiger charge is 2.30. The average Bonchev–Trinajstić information content (AvgIpc) is 3.32. The zero-order chi connectivity index (χ0) is 24.1. The Labute approximate surface area is 212 Å². The van der Waals surface area contributed by atoms with Crippen LogP contribution in [0.2, 0.25) is 0 Å². The molecule has 0 N–H and O–H groups in total. The van der Waals surface area contributed by atoms with Crippen molar-refractivity contribution in [2.75, 3.05) is 47.4 Å². The second-order valence-corrected chi connectivity index (χ2v) is 10.6. The third-order valence-corrected chi connectivity index (χ3v) is 8.24. The number of benzene rings is 1. The van der Waals surface area contributed by atoms with Gasteiger partial charge in [0.25, 0.3) is 0 Å². The summed E-state index contributed by atoms with van der Waals surface area (Å²) in [4.78, 5) is 21.8. The summed E-state index contributed by atoms with van der Waals surface area (Å²) in [5.74, 6) is 3.32. The van der Waals surface area contributed by atoms with E-state index >= 15 is 0 Å². The Hall–Kier alpha value is -3.42. The van der Waals surface area contributed by atoms with Crippen LogP contribution in [-0.4, -0.2) is 57.3 Å². The molecule has 8 heteroatoms. The predicted octanol–water partition coefficient (Wildman–Crippen LogP) is 4.91. The van der Waals surface area contributed by atoms with Crippen LogP contribution < -0.4 is 14.7 Å². The highest BCUT2D eigenvalue weighted by molar-refractivity contribution is 5.92. The smallest absolute Gasteiger partial charge is 0.160 e. The number of piperidine rings is 2. The number of aromatic nitrogens is 5. The summed E-state index contributed by atoms with van der Waals surface area (Å²) in [6.45, 7) is 7.51. The van der Waals surface area contributed by atoms with Gasteiger partial charge in [-0.05, 0) is 63.5 Å². The molecule has 7 rings (SSSR count). The van der Waals surface area contributed by atoms with Crippen LogP contribution in [0, 0.1) is 6.92 Å². The predicted molar refractivity (Wildman–Crippen MR) is 144 cm³/mol. The molecule has 3 aliphatic rings. The molecule has 0 spiro atoms. The van der Waals surface area contributed by atoms with Gasteiger partial charge in [0.05, 0.1) is 17.3 Å². The Balaban J connectivity index is 1.33. The molecule has 1 atom stereocenters. The molecule has 8 nitrogen and oxygen atoms in total. The molecule has 36 heavy (non-hydrogen) atoms. The SMILES string of the molecule is Cc1cccc2ncnc(N3CCCCC3c3cc4nc(N5CCC5)cc(N5CCCCC5)n4n3)c12. The Morgan fingerprint density at radius 1 is 0.833 bits per heavy atom. The van der Waals surface area contributed by atoms with Crippen molar-refractivity contribution in [3.8, 4) is 0 Å². The lowest BCUT2D eigenvalue weighted by molar-refractivity contribution is 0.461. The molecule has 1 aromatic carbocycles. The van der Waals surface area contributed by atoms with Crippen LogP contribution in [0.1, 0.15) is 62.2 Å². The van der Waals surface area contributed by atoms with Gasteiger partial charge in [0.1, 0.15) is 23.8 Å². The fourth-order valence-electron chi connectivity index (χ4n) is 6.15. The highest BCUT2D eigenvalue weighted by Crippen LogP contribution is 2.38. The Morgan fingerprint density at radius 2 is 1.67 bits per heavy atom. The molecule has 3 saturated heterocycles. The van der Waals surface area contributed by atoms with E-state index in [0.29, 0.717) is 0 Å². The van der Waals surface area contributed by atoms with E-state index in [2.05, 4.69) is 61.5 Å². The Bertz CT molecular complexity index is 1400. The van der Waals surface area contributed by atoms with Crippen molar-refractivity contribution in [1.82, 2.24) is 24.6 Å². The van der Waals surface area contributed by atoms with Crippen molar-refractivity contribution >= 4 is 34.0 Å². The maximum atomic E-state index is 5.24. The third kappa shape index (κ3) is 3.65. The highest BCUT2D eigenvalue weighted by atomic mass is 15.4. The van der Waals surface area contributed by atoms with E-state index in [1.54, 1.807) is 6.33 Å². The van der Waals surface area contributed by atoms with E-state index in [1.165, 1.54) is 43.5 Å². The molecule has 0 bridgehead atoms. The lowest BCUT2D eigenvalue weighted by atomic mass is 9.98.